The Bertz CT molecular complexity index is 3040. The number of aryl methyl sites for hydroxylation is 1. The van der Waals surface area contributed by atoms with Gasteiger partial charge >= 0.3 is 6.18 Å². The smallest absolute Gasteiger partial charge is 0.391 e. The first-order chi connectivity index (χ1) is 37.4. The maximum Gasteiger partial charge on any atom is 0.417 e. The van der Waals surface area contributed by atoms with Crippen molar-refractivity contribution in [3.63, 3.8) is 0 Å². The number of hydrogen-bond donors (Lipinski definition) is 6. The summed E-state index contributed by atoms with van der Waals surface area (Å²) in [6.45, 7) is 13.2. The fourth-order valence-corrected chi connectivity index (χ4v) is 10.9. The van der Waals surface area contributed by atoms with E-state index in [4.69, 9.17) is 0 Å². The Morgan fingerprint density at radius 2 is 1.52 bits per heavy atom. The number of unbranched alkanes of at least 4 members (excludes halogenated alkanes) is 5. The van der Waals surface area contributed by atoms with Gasteiger partial charge in [-0.15, -0.1) is 11.3 Å². The molecule has 0 aliphatic carbocycles. The molecule has 0 spiro atoms. The van der Waals surface area contributed by atoms with Gasteiger partial charge in [0, 0.05) is 81.0 Å². The van der Waals surface area contributed by atoms with E-state index in [0.29, 0.717) is 56.0 Å². The third-order valence-electron chi connectivity index (χ3n) is 14.8. The molecule has 2 fully saturated rings. The summed E-state index contributed by atoms with van der Waals surface area (Å²) in [6, 6.07) is 15.3. The average molecular weight is 1110 g/mol. The molecule has 2 aliphatic heterocycles. The summed E-state index contributed by atoms with van der Waals surface area (Å²) in [5.74, 6) is -3.43. The number of benzene rings is 3. The summed E-state index contributed by atoms with van der Waals surface area (Å²) in [5, 5.41) is 21.9. The predicted molar refractivity (Wildman–Crippen MR) is 297 cm³/mol. The second-order valence-electron chi connectivity index (χ2n) is 21.8. The lowest BCUT2D eigenvalue weighted by molar-refractivity contribution is -0.144. The van der Waals surface area contributed by atoms with Crippen LogP contribution in [-0.2, 0) is 27.1 Å². The van der Waals surface area contributed by atoms with Gasteiger partial charge in [-0.05, 0) is 87.0 Å². The molecule has 2 saturated heterocycles. The summed E-state index contributed by atoms with van der Waals surface area (Å²) in [4.78, 5) is 92.3. The van der Waals surface area contributed by atoms with Crippen molar-refractivity contribution in [2.75, 3.05) is 43.4 Å². The molecule has 5 amide bonds. The fraction of sp³-hybridized carbons (Fsp3) is 0.466. The molecule has 2 aliphatic rings. The second kappa shape index (κ2) is 25.9. The van der Waals surface area contributed by atoms with E-state index in [-0.39, 0.29) is 66.6 Å². The Labute approximate surface area is 461 Å². The monoisotopic (exact) mass is 1110 g/mol. The lowest BCUT2D eigenvalue weighted by Crippen LogP contribution is -2.57. The summed E-state index contributed by atoms with van der Waals surface area (Å²) in [7, 11) is 1.99. The van der Waals surface area contributed by atoms with Gasteiger partial charge in [0.1, 0.15) is 17.9 Å². The van der Waals surface area contributed by atoms with Gasteiger partial charge in [-0.1, -0.05) is 82.9 Å². The number of aromatic nitrogens is 2. The molecule has 7 rings (SSSR count). The van der Waals surface area contributed by atoms with Crippen molar-refractivity contribution in [1.82, 2.24) is 35.7 Å². The highest BCUT2D eigenvalue weighted by Gasteiger charge is 2.44. The maximum absolute atomic E-state index is 15.9. The molecule has 424 valence electrons. The van der Waals surface area contributed by atoms with Gasteiger partial charge in [-0.2, -0.15) is 13.2 Å². The van der Waals surface area contributed by atoms with Gasteiger partial charge in [0.15, 0.2) is 0 Å². The van der Waals surface area contributed by atoms with E-state index >= 15 is 4.39 Å². The minimum Gasteiger partial charge on any atom is -0.391 e. The number of carbonyl (C=O) groups is 5. The molecular weight excluding hydrogens is 1040 g/mol. The minimum atomic E-state index is -4.99. The number of anilines is 2. The molecule has 0 unspecified atom stereocenters. The number of likely N-dealkylation sites (tertiary alicyclic amines) is 1. The van der Waals surface area contributed by atoms with Gasteiger partial charge in [0.05, 0.1) is 44.7 Å². The van der Waals surface area contributed by atoms with Crippen LogP contribution in [0.15, 0.2) is 83.2 Å². The summed E-state index contributed by atoms with van der Waals surface area (Å²) in [5.41, 5.74) is 1.87. The van der Waals surface area contributed by atoms with Crippen molar-refractivity contribution < 1.29 is 46.6 Å². The van der Waals surface area contributed by atoms with Crippen LogP contribution >= 0.6 is 11.3 Å². The van der Waals surface area contributed by atoms with E-state index in [1.807, 2.05) is 77.8 Å². The summed E-state index contributed by atoms with van der Waals surface area (Å²) < 4.78 is 57.8. The van der Waals surface area contributed by atoms with Gasteiger partial charge in [-0.3, -0.25) is 33.7 Å². The highest BCUT2D eigenvalue weighted by molar-refractivity contribution is 7.13. The molecule has 0 bridgehead atoms. The van der Waals surface area contributed by atoms with E-state index < -0.39 is 70.0 Å². The van der Waals surface area contributed by atoms with Crippen LogP contribution in [0.5, 0.6) is 0 Å². The van der Waals surface area contributed by atoms with Gasteiger partial charge < -0.3 is 41.2 Å². The molecule has 79 heavy (non-hydrogen) atoms. The molecule has 5 atom stereocenters. The number of nitrogens with zero attached hydrogens (tertiary/aromatic N) is 4. The van der Waals surface area contributed by atoms with E-state index in [1.165, 1.54) is 23.1 Å². The molecule has 4 heterocycles. The van der Waals surface area contributed by atoms with E-state index in [1.54, 1.807) is 29.0 Å². The number of rotatable bonds is 20. The number of carbonyl (C=O) groups excluding carboxylic acids is 5. The predicted octanol–water partition coefficient (Wildman–Crippen LogP) is 8.68. The van der Waals surface area contributed by atoms with Crippen molar-refractivity contribution in [2.24, 2.45) is 5.41 Å². The number of piperazine rings is 1. The maximum atomic E-state index is 15.9. The highest BCUT2D eigenvalue weighted by atomic mass is 32.1. The number of aliphatic hydroxyl groups excluding tert-OH is 1. The van der Waals surface area contributed by atoms with Gasteiger partial charge in [-0.25, -0.2) is 9.37 Å². The SMILES string of the molecule is Cc1ncsc1-c1ccc(CNC(=O)[C@@H]2C[C@@H](O)CN2C(=O)[C@@H](NC(=O)CCCCCCCCNC(=O)c2ccc(-c3ccc(N4C[C@@H](C)N(C)[C@@H](C)C4)c(NC(=O)c4c[nH]c(=O)cc4C(F)(F)F)c3)c(F)c2)C(C)(C)C)cc1. The number of amides is 5. The van der Waals surface area contributed by atoms with Crippen LogP contribution in [0.3, 0.4) is 0 Å². The van der Waals surface area contributed by atoms with Crippen LogP contribution in [0.1, 0.15) is 124 Å². The van der Waals surface area contributed by atoms with E-state index in [0.717, 1.165) is 53.4 Å². The zero-order valence-electron chi connectivity index (χ0n) is 45.7. The first kappa shape index (κ1) is 59.7. The Balaban J connectivity index is 0.855. The quantitative estimate of drug-likeness (QED) is 0.0323. The van der Waals surface area contributed by atoms with Crippen molar-refractivity contribution in [3.8, 4) is 21.6 Å². The zero-order valence-corrected chi connectivity index (χ0v) is 46.5. The van der Waals surface area contributed by atoms with Crippen molar-refractivity contribution >= 4 is 52.2 Å². The number of hydrogen-bond acceptors (Lipinski definition) is 11. The first-order valence-corrected chi connectivity index (χ1v) is 27.6. The number of halogens is 4. The van der Waals surface area contributed by atoms with Crippen molar-refractivity contribution in [3.05, 3.63) is 123 Å². The molecule has 3 aromatic carbocycles. The van der Waals surface area contributed by atoms with Crippen LogP contribution < -0.4 is 31.7 Å². The molecule has 6 N–H and O–H groups in total. The highest BCUT2D eigenvalue weighted by Crippen LogP contribution is 2.37. The third kappa shape index (κ3) is 15.2. The number of H-pyrrole nitrogens is 1. The molecule has 2 aromatic heterocycles. The molecular formula is C58H71F4N9O7S. The minimum absolute atomic E-state index is 0.0238. The normalized spacial score (nSPS) is 18.3. The molecule has 0 radical (unpaired) electrons. The van der Waals surface area contributed by atoms with Crippen molar-refractivity contribution in [1.29, 1.82) is 0 Å². The number of alkyl halides is 3. The zero-order chi connectivity index (χ0) is 57.3. The topological polar surface area (TPSA) is 209 Å². The number of β-amino-alcohol motifs (C(OH)–C–C–N with tert-alkyl or cyclic N) is 1. The Morgan fingerprint density at radius 1 is 0.848 bits per heavy atom. The average Bonchev–Trinajstić information content (AvgIpc) is 4.07. The molecule has 16 nitrogen and oxygen atoms in total. The van der Waals surface area contributed by atoms with Crippen molar-refractivity contribution in [2.45, 2.75) is 136 Å². The Morgan fingerprint density at radius 3 is 2.16 bits per heavy atom. The standard InChI is InChI=1S/C58H71F4N9O7S/c1-34-30-70(31-35(2)69(34)7)47-22-20-39(25-46(47)67-54(76)43-29-64-50(74)27-44(43)58(60,61)62)42-21-19-40(24-45(42)59)53(75)63-23-13-11-9-8-10-12-14-49(73)68-52(57(4,5)6)56(78)71-32-41(72)26-48(71)55(77)65-28-37-15-17-38(18-16-37)51-36(3)66-33-79-51/h15-22,24-25,27,29,33-35,41,48,52,72H,8-14,23,26,28,30-32H2,1-7H3,(H,63,75)(H,64,74)(H,65,77)(H,67,76)(H,68,73)/t34-,35+,41-,48+,52-/m1/s1. The number of aromatic amines is 1. The fourth-order valence-electron chi connectivity index (χ4n) is 10.1. The number of pyridine rings is 1. The van der Waals surface area contributed by atoms with Crippen LogP contribution in [-0.4, -0.2) is 118 Å². The third-order valence-corrected chi connectivity index (χ3v) is 15.8. The molecule has 5 aromatic rings. The van der Waals surface area contributed by atoms with Gasteiger partial charge in [0.25, 0.3) is 11.8 Å². The largest absolute Gasteiger partial charge is 0.417 e. The number of likely N-dealkylation sites (N-methyl/N-ethyl adjacent to an activating group) is 1. The summed E-state index contributed by atoms with van der Waals surface area (Å²) >= 11 is 1.56. The van der Waals surface area contributed by atoms with Crippen LogP contribution in [0.4, 0.5) is 28.9 Å². The number of thiazole rings is 1. The molecule has 21 heteroatoms. The summed E-state index contributed by atoms with van der Waals surface area (Å²) in [6.07, 6.45) is -0.427. The lowest BCUT2D eigenvalue weighted by Gasteiger charge is -2.44. The van der Waals surface area contributed by atoms with Gasteiger partial charge in [0.2, 0.25) is 23.3 Å². The number of aliphatic hydroxyl groups is 1. The van der Waals surface area contributed by atoms with E-state index in [9.17, 15) is 47.0 Å². The number of nitrogens with one attached hydrogen (secondary N) is 5. The van der Waals surface area contributed by atoms with Crippen LogP contribution in [0.2, 0.25) is 0 Å². The van der Waals surface area contributed by atoms with E-state index in [2.05, 4.69) is 36.1 Å². The Hall–Kier alpha value is -6.97. The Kier molecular flexibility index (Phi) is 19.5. The second-order valence-corrected chi connectivity index (χ2v) is 22.7. The molecule has 0 saturated carbocycles. The lowest BCUT2D eigenvalue weighted by atomic mass is 9.85. The first-order valence-electron chi connectivity index (χ1n) is 26.7. The van der Waals surface area contributed by atoms with Crippen LogP contribution in [0.25, 0.3) is 21.6 Å². The van der Waals surface area contributed by atoms with Crippen LogP contribution in [0, 0.1) is 18.2 Å².